The number of allylic oxidation sites excluding steroid dienone is 1. The number of amides is 1. The van der Waals surface area contributed by atoms with Gasteiger partial charge in [-0.3, -0.25) is 4.79 Å². The first kappa shape index (κ1) is 20.2. The zero-order valence-corrected chi connectivity index (χ0v) is 17.9. The van der Waals surface area contributed by atoms with Gasteiger partial charge in [-0.2, -0.15) is 0 Å². The van der Waals surface area contributed by atoms with Crippen molar-refractivity contribution in [3.05, 3.63) is 24.0 Å². The molecule has 2 rings (SSSR count). The summed E-state index contributed by atoms with van der Waals surface area (Å²) in [5, 5.41) is 3.33. The molecular weight excluding hydrogens is 328 g/mol. The van der Waals surface area contributed by atoms with Crippen LogP contribution in [0, 0.1) is 5.92 Å². The molecule has 1 amide bonds. The zero-order chi connectivity index (χ0) is 18.7. The fraction of sp³-hybridized carbons (Fsp3) is 0.750. The molecule has 0 aromatic heterocycles. The van der Waals surface area contributed by atoms with E-state index >= 15 is 0 Å². The van der Waals surface area contributed by atoms with Crippen LogP contribution in [0.5, 0.6) is 0 Å². The Morgan fingerprint density at radius 3 is 2.72 bits per heavy atom. The van der Waals surface area contributed by atoms with E-state index in [-0.39, 0.29) is 17.0 Å². The van der Waals surface area contributed by atoms with E-state index in [1.165, 1.54) is 12.8 Å². The maximum absolute atomic E-state index is 12.2. The summed E-state index contributed by atoms with van der Waals surface area (Å²) in [4.78, 5) is 14.3. The SMILES string of the molecule is CCC[C@@H](CCC1=CN2CC=C[C@H]2C(=O)N1)CO[Si](C)(C)C(C)(C)C. The number of carbonyl (C=O) groups excluding carboxylic acids is 1. The fourth-order valence-electron chi connectivity index (χ4n) is 3.12. The van der Waals surface area contributed by atoms with Crippen molar-refractivity contribution in [2.45, 2.75) is 77.6 Å². The van der Waals surface area contributed by atoms with E-state index in [0.29, 0.717) is 5.92 Å². The molecule has 0 aromatic carbocycles. The molecule has 0 radical (unpaired) electrons. The lowest BCUT2D eigenvalue weighted by atomic mass is 9.97. The molecule has 1 N–H and O–H groups in total. The highest BCUT2D eigenvalue weighted by Crippen LogP contribution is 2.37. The predicted molar refractivity (Wildman–Crippen MR) is 107 cm³/mol. The summed E-state index contributed by atoms with van der Waals surface area (Å²) in [5.74, 6) is 0.669. The van der Waals surface area contributed by atoms with Gasteiger partial charge in [0.05, 0.1) is 0 Å². The van der Waals surface area contributed by atoms with Crippen LogP contribution in [0.3, 0.4) is 0 Å². The van der Waals surface area contributed by atoms with E-state index in [9.17, 15) is 4.79 Å². The van der Waals surface area contributed by atoms with Crippen LogP contribution in [0.2, 0.25) is 18.1 Å². The third-order valence-electron chi connectivity index (χ3n) is 5.87. The molecule has 4 nitrogen and oxygen atoms in total. The Kier molecular flexibility index (Phi) is 6.55. The first-order chi connectivity index (χ1) is 11.6. The number of nitrogens with zero attached hydrogens (tertiary/aromatic N) is 1. The Morgan fingerprint density at radius 1 is 1.36 bits per heavy atom. The molecular formula is C20H36N2O2Si. The smallest absolute Gasteiger partial charge is 0.250 e. The fourth-order valence-corrected chi connectivity index (χ4v) is 4.21. The molecule has 0 fully saturated rings. The van der Waals surface area contributed by atoms with Crippen LogP contribution in [-0.2, 0) is 9.22 Å². The number of hydrogen-bond acceptors (Lipinski definition) is 3. The van der Waals surface area contributed by atoms with E-state index in [0.717, 1.165) is 31.7 Å². The van der Waals surface area contributed by atoms with Gasteiger partial charge >= 0.3 is 0 Å². The monoisotopic (exact) mass is 364 g/mol. The summed E-state index contributed by atoms with van der Waals surface area (Å²) in [6.07, 6.45) is 10.5. The highest BCUT2D eigenvalue weighted by molar-refractivity contribution is 6.74. The summed E-state index contributed by atoms with van der Waals surface area (Å²) >= 11 is 0. The number of nitrogens with one attached hydrogen (secondary N) is 1. The largest absolute Gasteiger partial charge is 0.417 e. The van der Waals surface area contributed by atoms with E-state index in [2.05, 4.69) is 63.3 Å². The van der Waals surface area contributed by atoms with Gasteiger partial charge in [-0.15, -0.1) is 0 Å². The molecule has 2 aliphatic heterocycles. The average molecular weight is 365 g/mol. The molecule has 0 unspecified atom stereocenters. The molecule has 0 saturated carbocycles. The molecule has 0 aliphatic carbocycles. The van der Waals surface area contributed by atoms with E-state index < -0.39 is 8.32 Å². The molecule has 142 valence electrons. The first-order valence-electron chi connectivity index (χ1n) is 9.72. The molecule has 0 bridgehead atoms. The van der Waals surface area contributed by atoms with Crippen LogP contribution in [0.25, 0.3) is 0 Å². The van der Waals surface area contributed by atoms with E-state index in [1.54, 1.807) is 0 Å². The van der Waals surface area contributed by atoms with Crippen molar-refractivity contribution < 1.29 is 9.22 Å². The molecule has 2 atom stereocenters. The maximum Gasteiger partial charge on any atom is 0.250 e. The Hall–Kier alpha value is -1.07. The maximum atomic E-state index is 12.2. The van der Waals surface area contributed by atoms with E-state index in [4.69, 9.17) is 4.43 Å². The number of fused-ring (bicyclic) bond motifs is 1. The van der Waals surface area contributed by atoms with Gasteiger partial charge in [-0.05, 0) is 43.3 Å². The van der Waals surface area contributed by atoms with Crippen LogP contribution < -0.4 is 5.32 Å². The topological polar surface area (TPSA) is 41.6 Å². The number of carbonyl (C=O) groups is 1. The third-order valence-corrected chi connectivity index (χ3v) is 10.4. The van der Waals surface area contributed by atoms with Gasteiger partial charge in [-0.25, -0.2) is 0 Å². The summed E-state index contributed by atoms with van der Waals surface area (Å²) in [6, 6.07) is -0.0999. The van der Waals surface area contributed by atoms with Crippen LogP contribution in [0.1, 0.15) is 53.4 Å². The zero-order valence-electron chi connectivity index (χ0n) is 16.9. The van der Waals surface area contributed by atoms with Crippen molar-refractivity contribution in [3.8, 4) is 0 Å². The summed E-state index contributed by atoms with van der Waals surface area (Å²) in [5.41, 5.74) is 1.05. The van der Waals surface area contributed by atoms with Crippen LogP contribution in [0.15, 0.2) is 24.0 Å². The number of hydrogen-bond donors (Lipinski definition) is 1. The molecule has 2 aliphatic rings. The Labute approximate surface area is 154 Å². The van der Waals surface area contributed by atoms with Crippen LogP contribution >= 0.6 is 0 Å². The van der Waals surface area contributed by atoms with Crippen molar-refractivity contribution in [1.29, 1.82) is 0 Å². The molecule has 5 heteroatoms. The Morgan fingerprint density at radius 2 is 2.08 bits per heavy atom. The minimum Gasteiger partial charge on any atom is -0.417 e. The quantitative estimate of drug-likeness (QED) is 0.512. The molecule has 0 spiro atoms. The second kappa shape index (κ2) is 8.08. The standard InChI is InChI=1S/C20H36N2O2Si/c1-7-9-16(15-24-25(5,6)20(2,3)4)11-12-17-14-22-13-8-10-18(22)19(23)21-17/h8,10,14,16,18H,7,9,11-13,15H2,1-6H3,(H,21,23)/t16-,18-/m0/s1. The molecule has 2 heterocycles. The van der Waals surface area contributed by atoms with Crippen molar-refractivity contribution in [2.75, 3.05) is 13.2 Å². The highest BCUT2D eigenvalue weighted by Gasteiger charge is 2.37. The van der Waals surface area contributed by atoms with Gasteiger partial charge in [-0.1, -0.05) is 46.3 Å². The Balaban J connectivity index is 1.88. The van der Waals surface area contributed by atoms with Crippen molar-refractivity contribution in [3.63, 3.8) is 0 Å². The average Bonchev–Trinajstić information content (AvgIpc) is 2.98. The predicted octanol–water partition coefficient (Wildman–Crippen LogP) is 4.42. The molecule has 0 saturated heterocycles. The van der Waals surface area contributed by atoms with Gasteiger partial charge < -0.3 is 14.6 Å². The lowest BCUT2D eigenvalue weighted by molar-refractivity contribution is -0.123. The van der Waals surface area contributed by atoms with Gasteiger partial charge in [0, 0.05) is 25.0 Å². The Bertz CT molecular complexity index is 534. The first-order valence-corrected chi connectivity index (χ1v) is 12.6. The van der Waals surface area contributed by atoms with Crippen molar-refractivity contribution in [2.24, 2.45) is 5.92 Å². The van der Waals surface area contributed by atoms with Gasteiger partial charge in [0.2, 0.25) is 0 Å². The minimum atomic E-state index is -1.69. The number of rotatable bonds is 8. The van der Waals surface area contributed by atoms with Gasteiger partial charge in [0.1, 0.15) is 6.04 Å². The second-order valence-electron chi connectivity index (χ2n) is 8.98. The van der Waals surface area contributed by atoms with Crippen molar-refractivity contribution in [1.82, 2.24) is 10.2 Å². The van der Waals surface area contributed by atoms with Crippen LogP contribution in [0.4, 0.5) is 0 Å². The van der Waals surface area contributed by atoms with Crippen LogP contribution in [-0.4, -0.2) is 38.3 Å². The molecule has 0 aromatic rings. The summed E-state index contributed by atoms with van der Waals surface area (Å²) in [6.45, 7) is 15.4. The lowest BCUT2D eigenvalue weighted by Gasteiger charge is -2.37. The summed E-state index contributed by atoms with van der Waals surface area (Å²) in [7, 11) is -1.69. The second-order valence-corrected chi connectivity index (χ2v) is 13.8. The van der Waals surface area contributed by atoms with E-state index in [1.807, 2.05) is 6.08 Å². The third kappa shape index (κ3) is 5.20. The molecule has 25 heavy (non-hydrogen) atoms. The van der Waals surface area contributed by atoms with Gasteiger partial charge in [0.15, 0.2) is 8.32 Å². The highest BCUT2D eigenvalue weighted by atomic mass is 28.4. The summed E-state index contributed by atoms with van der Waals surface area (Å²) < 4.78 is 6.45. The minimum absolute atomic E-state index is 0.0999. The van der Waals surface area contributed by atoms with Gasteiger partial charge in [0.25, 0.3) is 5.91 Å². The lowest BCUT2D eigenvalue weighted by Crippen LogP contribution is -2.45. The normalized spacial score (nSPS) is 21.8. The van der Waals surface area contributed by atoms with Crippen molar-refractivity contribution >= 4 is 14.2 Å².